The quantitative estimate of drug-likeness (QED) is 0.386. The van der Waals surface area contributed by atoms with Crippen molar-refractivity contribution in [1.82, 2.24) is 15.6 Å². The molecular formula is C27H36N6. The molecule has 1 fully saturated rings. The fraction of sp³-hybridized carbons (Fsp3) is 0.333. The second-order valence-corrected chi connectivity index (χ2v) is 8.28. The van der Waals surface area contributed by atoms with E-state index in [0.29, 0.717) is 0 Å². The second-order valence-electron chi connectivity index (χ2n) is 8.28. The molecule has 1 saturated heterocycles. The Labute approximate surface area is 198 Å². The summed E-state index contributed by atoms with van der Waals surface area (Å²) in [6.07, 6.45) is 7.50. The number of likely N-dealkylation sites (N-methyl/N-ethyl adjacent to an activating group) is 2. The predicted molar refractivity (Wildman–Crippen MR) is 141 cm³/mol. The molecule has 1 aromatic heterocycles. The molecule has 1 aliphatic rings. The Balaban J connectivity index is 1.76. The molecule has 33 heavy (non-hydrogen) atoms. The smallest absolute Gasteiger partial charge is 0.0819 e. The number of allylic oxidation sites excluding steroid dienone is 1. The number of aromatic nitrogens is 1. The zero-order valence-electron chi connectivity index (χ0n) is 20.3. The number of pyridine rings is 1. The molecule has 0 atom stereocenters. The summed E-state index contributed by atoms with van der Waals surface area (Å²) in [5, 5.41) is 10.3. The van der Waals surface area contributed by atoms with Crippen molar-refractivity contribution in [2.45, 2.75) is 32.2 Å². The molecule has 0 radical (unpaired) electrons. The fourth-order valence-corrected chi connectivity index (χ4v) is 4.30. The maximum atomic E-state index is 4.81. The standard InChI is InChI=1S/C27H36N6/c1-7-24(31-20(2)23-12-16-30-17-13-23)21(3)32-25-10-8-9-11-26(25)33-18-14-27(29-6,15-19-33)22(4)28-5/h7-13,16-17,28-29,32H,3-4,14-15,18-19H2,1-2,5-6H3/b24-7-,31-20?. The monoisotopic (exact) mass is 444 g/mol. The number of piperidine rings is 1. The fourth-order valence-electron chi connectivity index (χ4n) is 4.30. The highest BCUT2D eigenvalue weighted by atomic mass is 15.2. The molecule has 3 N–H and O–H groups in total. The van der Waals surface area contributed by atoms with Crippen LogP contribution >= 0.6 is 0 Å². The van der Waals surface area contributed by atoms with E-state index in [2.05, 4.69) is 57.2 Å². The summed E-state index contributed by atoms with van der Waals surface area (Å²) in [5.41, 5.74) is 6.72. The Morgan fingerprint density at radius 2 is 1.76 bits per heavy atom. The van der Waals surface area contributed by atoms with E-state index in [4.69, 9.17) is 4.99 Å². The molecule has 1 aliphatic heterocycles. The first-order chi connectivity index (χ1) is 15.9. The zero-order chi connectivity index (χ0) is 23.8. The maximum Gasteiger partial charge on any atom is 0.0819 e. The Bertz CT molecular complexity index is 1030. The first-order valence-electron chi connectivity index (χ1n) is 11.4. The molecule has 6 heteroatoms. The summed E-state index contributed by atoms with van der Waals surface area (Å²) in [5.74, 6) is 0. The third-order valence-electron chi connectivity index (χ3n) is 6.47. The number of hydrogen-bond acceptors (Lipinski definition) is 6. The molecule has 0 saturated carbocycles. The van der Waals surface area contributed by atoms with Crippen LogP contribution in [0.15, 0.2) is 90.1 Å². The van der Waals surface area contributed by atoms with Gasteiger partial charge in [-0.25, -0.2) is 0 Å². The minimum Gasteiger partial charge on any atom is -0.390 e. The average Bonchev–Trinajstić information content (AvgIpc) is 2.87. The molecule has 1 aromatic carbocycles. The summed E-state index contributed by atoms with van der Waals surface area (Å²) < 4.78 is 0. The van der Waals surface area contributed by atoms with Crippen molar-refractivity contribution in [3.05, 3.63) is 90.7 Å². The molecular weight excluding hydrogens is 408 g/mol. The van der Waals surface area contributed by atoms with Crippen LogP contribution < -0.4 is 20.9 Å². The summed E-state index contributed by atoms with van der Waals surface area (Å²) in [6.45, 7) is 14.4. The lowest BCUT2D eigenvalue weighted by Crippen LogP contribution is -2.55. The van der Waals surface area contributed by atoms with Gasteiger partial charge in [-0.15, -0.1) is 0 Å². The molecule has 0 aliphatic carbocycles. The van der Waals surface area contributed by atoms with E-state index >= 15 is 0 Å². The Morgan fingerprint density at radius 3 is 2.36 bits per heavy atom. The van der Waals surface area contributed by atoms with Gasteiger partial charge in [-0.2, -0.15) is 0 Å². The van der Waals surface area contributed by atoms with Crippen LogP contribution in [-0.4, -0.2) is 43.4 Å². The van der Waals surface area contributed by atoms with Crippen molar-refractivity contribution >= 4 is 17.1 Å². The normalized spacial score (nSPS) is 16.3. The minimum atomic E-state index is -0.0749. The Kier molecular flexibility index (Phi) is 8.06. The first-order valence-corrected chi connectivity index (χ1v) is 11.4. The third kappa shape index (κ3) is 5.52. The van der Waals surface area contributed by atoms with Crippen LogP contribution in [0.3, 0.4) is 0 Å². The van der Waals surface area contributed by atoms with Gasteiger partial charge in [0.25, 0.3) is 0 Å². The summed E-state index contributed by atoms with van der Waals surface area (Å²) in [4.78, 5) is 11.3. The molecule has 2 aromatic rings. The van der Waals surface area contributed by atoms with Crippen molar-refractivity contribution in [3.63, 3.8) is 0 Å². The molecule has 2 heterocycles. The van der Waals surface area contributed by atoms with Crippen molar-refractivity contribution < 1.29 is 0 Å². The number of nitrogens with one attached hydrogen (secondary N) is 3. The van der Waals surface area contributed by atoms with E-state index in [1.165, 1.54) is 5.69 Å². The van der Waals surface area contributed by atoms with Crippen LogP contribution in [0.5, 0.6) is 0 Å². The average molecular weight is 445 g/mol. The SMILES string of the molecule is C=C(Nc1ccccc1N1CCC(NC)(C(=C)NC)CC1)/C(=C/C)N=C(C)c1ccncc1. The number of para-hydroxylation sites is 2. The highest BCUT2D eigenvalue weighted by Gasteiger charge is 2.35. The van der Waals surface area contributed by atoms with Crippen molar-refractivity contribution in [2.75, 3.05) is 37.4 Å². The molecule has 0 bridgehead atoms. The summed E-state index contributed by atoms with van der Waals surface area (Å²) >= 11 is 0. The van der Waals surface area contributed by atoms with Crippen LogP contribution in [-0.2, 0) is 0 Å². The zero-order valence-corrected chi connectivity index (χ0v) is 20.3. The van der Waals surface area contributed by atoms with Gasteiger partial charge < -0.3 is 20.9 Å². The Morgan fingerprint density at radius 1 is 1.09 bits per heavy atom. The summed E-state index contributed by atoms with van der Waals surface area (Å²) in [7, 11) is 3.96. The van der Waals surface area contributed by atoms with E-state index < -0.39 is 0 Å². The largest absolute Gasteiger partial charge is 0.390 e. The number of aliphatic imine (C=N–C) groups is 1. The first kappa shape index (κ1) is 24.3. The number of rotatable bonds is 9. The molecule has 0 unspecified atom stereocenters. The summed E-state index contributed by atoms with van der Waals surface area (Å²) in [6, 6.07) is 12.3. The molecule has 0 amide bonds. The van der Waals surface area contributed by atoms with Gasteiger partial charge in [0.2, 0.25) is 0 Å². The van der Waals surface area contributed by atoms with Gasteiger partial charge >= 0.3 is 0 Å². The number of benzene rings is 1. The van der Waals surface area contributed by atoms with Gasteiger partial charge in [0.15, 0.2) is 0 Å². The number of nitrogens with zero attached hydrogens (tertiary/aromatic N) is 3. The van der Waals surface area contributed by atoms with Gasteiger partial charge in [0.05, 0.1) is 28.3 Å². The van der Waals surface area contributed by atoms with Crippen molar-refractivity contribution in [2.24, 2.45) is 4.99 Å². The second kappa shape index (κ2) is 11.0. The lowest BCUT2D eigenvalue weighted by atomic mass is 9.84. The van der Waals surface area contributed by atoms with E-state index in [1.807, 2.05) is 52.2 Å². The van der Waals surface area contributed by atoms with Gasteiger partial charge in [-0.3, -0.25) is 9.98 Å². The third-order valence-corrected chi connectivity index (χ3v) is 6.47. The topological polar surface area (TPSA) is 64.6 Å². The number of hydrogen-bond donors (Lipinski definition) is 3. The van der Waals surface area contributed by atoms with Crippen LogP contribution in [0.4, 0.5) is 11.4 Å². The predicted octanol–water partition coefficient (Wildman–Crippen LogP) is 4.71. The van der Waals surface area contributed by atoms with E-state index in [-0.39, 0.29) is 5.54 Å². The molecule has 0 spiro atoms. The Hall–Kier alpha value is -3.38. The van der Waals surface area contributed by atoms with E-state index in [9.17, 15) is 0 Å². The van der Waals surface area contributed by atoms with Gasteiger partial charge in [-0.05, 0) is 63.6 Å². The van der Waals surface area contributed by atoms with Gasteiger partial charge in [0.1, 0.15) is 0 Å². The molecule has 174 valence electrons. The number of anilines is 2. The molecule has 3 rings (SSSR count). The lowest BCUT2D eigenvalue weighted by Gasteiger charge is -2.44. The lowest BCUT2D eigenvalue weighted by molar-refractivity contribution is 0.315. The van der Waals surface area contributed by atoms with Gasteiger partial charge in [-0.1, -0.05) is 31.4 Å². The van der Waals surface area contributed by atoms with Crippen molar-refractivity contribution in [1.29, 1.82) is 0 Å². The van der Waals surface area contributed by atoms with Crippen molar-refractivity contribution in [3.8, 4) is 0 Å². The molecule has 6 nitrogen and oxygen atoms in total. The van der Waals surface area contributed by atoms with Crippen LogP contribution in [0, 0.1) is 0 Å². The maximum absolute atomic E-state index is 4.81. The highest BCUT2D eigenvalue weighted by molar-refractivity contribution is 5.99. The van der Waals surface area contributed by atoms with Crippen LogP contribution in [0.1, 0.15) is 32.3 Å². The van der Waals surface area contributed by atoms with Crippen LogP contribution in [0.25, 0.3) is 0 Å². The van der Waals surface area contributed by atoms with Crippen LogP contribution in [0.2, 0.25) is 0 Å². The van der Waals surface area contributed by atoms with E-state index in [0.717, 1.165) is 60.0 Å². The van der Waals surface area contributed by atoms with Gasteiger partial charge in [0, 0.05) is 43.9 Å². The highest BCUT2D eigenvalue weighted by Crippen LogP contribution is 2.34. The van der Waals surface area contributed by atoms with E-state index in [1.54, 1.807) is 12.4 Å². The minimum absolute atomic E-state index is 0.0749.